The van der Waals surface area contributed by atoms with Gasteiger partial charge in [-0.3, -0.25) is 0 Å². The quantitative estimate of drug-likeness (QED) is 0.881. The van der Waals surface area contributed by atoms with Crippen LogP contribution in [-0.4, -0.2) is 20.2 Å². The molecular formula is C16H22FNO. The SMILES string of the molecule is CNC(Cc1cccc(OC)c1F)C1C2CCCC21. The Balaban J connectivity index is 1.73. The van der Waals surface area contributed by atoms with Crippen molar-refractivity contribution in [3.63, 3.8) is 0 Å². The summed E-state index contributed by atoms with van der Waals surface area (Å²) in [6.45, 7) is 0. The second-order valence-corrected chi connectivity index (χ2v) is 5.87. The second kappa shape index (κ2) is 5.12. The lowest BCUT2D eigenvalue weighted by Gasteiger charge is -2.19. The van der Waals surface area contributed by atoms with Crippen LogP contribution in [0.2, 0.25) is 0 Å². The fourth-order valence-corrected chi connectivity index (χ4v) is 4.01. The van der Waals surface area contributed by atoms with Crippen LogP contribution in [0.1, 0.15) is 24.8 Å². The number of hydrogen-bond donors (Lipinski definition) is 1. The lowest BCUT2D eigenvalue weighted by atomic mass is 9.97. The van der Waals surface area contributed by atoms with Gasteiger partial charge in [0.2, 0.25) is 0 Å². The van der Waals surface area contributed by atoms with Crippen LogP contribution < -0.4 is 10.1 Å². The predicted molar refractivity (Wildman–Crippen MR) is 73.8 cm³/mol. The maximum atomic E-state index is 14.2. The van der Waals surface area contributed by atoms with Crippen molar-refractivity contribution < 1.29 is 9.13 Å². The van der Waals surface area contributed by atoms with Gasteiger partial charge in [0, 0.05) is 6.04 Å². The van der Waals surface area contributed by atoms with Gasteiger partial charge >= 0.3 is 0 Å². The summed E-state index contributed by atoms with van der Waals surface area (Å²) >= 11 is 0. The van der Waals surface area contributed by atoms with Crippen LogP contribution in [0.15, 0.2) is 18.2 Å². The number of hydrogen-bond acceptors (Lipinski definition) is 2. The fraction of sp³-hybridized carbons (Fsp3) is 0.625. The summed E-state index contributed by atoms with van der Waals surface area (Å²) in [5, 5.41) is 3.40. The van der Waals surface area contributed by atoms with Crippen molar-refractivity contribution in [3.05, 3.63) is 29.6 Å². The van der Waals surface area contributed by atoms with Crippen LogP contribution >= 0.6 is 0 Å². The summed E-state index contributed by atoms with van der Waals surface area (Å²) < 4.78 is 19.2. The van der Waals surface area contributed by atoms with Crippen molar-refractivity contribution >= 4 is 0 Å². The zero-order valence-corrected chi connectivity index (χ0v) is 11.7. The molecule has 0 saturated heterocycles. The van der Waals surface area contributed by atoms with Gasteiger partial charge in [0.15, 0.2) is 11.6 Å². The van der Waals surface area contributed by atoms with E-state index in [0.29, 0.717) is 11.8 Å². The summed E-state index contributed by atoms with van der Waals surface area (Å²) in [6.07, 6.45) is 4.88. The molecule has 19 heavy (non-hydrogen) atoms. The van der Waals surface area contributed by atoms with E-state index >= 15 is 0 Å². The van der Waals surface area contributed by atoms with Gasteiger partial charge in [-0.05, 0) is 55.7 Å². The third kappa shape index (κ3) is 2.25. The Bertz CT molecular complexity index is 452. The molecule has 0 aliphatic heterocycles. The molecule has 1 aromatic rings. The molecule has 0 radical (unpaired) electrons. The molecule has 2 aliphatic rings. The first-order valence-electron chi connectivity index (χ1n) is 7.25. The molecule has 0 heterocycles. The summed E-state index contributed by atoms with van der Waals surface area (Å²) in [5.74, 6) is 2.70. The Kier molecular flexibility index (Phi) is 3.48. The van der Waals surface area contributed by atoms with Gasteiger partial charge in [-0.1, -0.05) is 18.6 Å². The molecular weight excluding hydrogens is 241 g/mol. The van der Waals surface area contributed by atoms with Crippen LogP contribution in [0, 0.1) is 23.6 Å². The summed E-state index contributed by atoms with van der Waals surface area (Å²) in [6, 6.07) is 5.83. The van der Waals surface area contributed by atoms with Crippen LogP contribution in [0.4, 0.5) is 4.39 Å². The van der Waals surface area contributed by atoms with Crippen molar-refractivity contribution in [3.8, 4) is 5.75 Å². The van der Waals surface area contributed by atoms with Crippen molar-refractivity contribution in [1.29, 1.82) is 0 Å². The first-order chi connectivity index (χ1) is 9.26. The van der Waals surface area contributed by atoms with E-state index in [2.05, 4.69) is 5.32 Å². The minimum atomic E-state index is -0.198. The average Bonchev–Trinajstić information content (AvgIpc) is 2.90. The first-order valence-corrected chi connectivity index (χ1v) is 7.25. The van der Waals surface area contributed by atoms with E-state index < -0.39 is 0 Å². The largest absolute Gasteiger partial charge is 0.494 e. The number of benzene rings is 1. The van der Waals surface area contributed by atoms with Crippen molar-refractivity contribution in [2.45, 2.75) is 31.7 Å². The van der Waals surface area contributed by atoms with Gasteiger partial charge in [0.1, 0.15) is 0 Å². The highest BCUT2D eigenvalue weighted by molar-refractivity contribution is 5.32. The zero-order chi connectivity index (χ0) is 13.4. The third-order valence-corrected chi connectivity index (χ3v) is 5.01. The van der Waals surface area contributed by atoms with Crippen molar-refractivity contribution in [2.75, 3.05) is 14.2 Å². The Hall–Kier alpha value is -1.09. The Labute approximate surface area is 114 Å². The monoisotopic (exact) mass is 263 g/mol. The van der Waals surface area contributed by atoms with Gasteiger partial charge in [-0.15, -0.1) is 0 Å². The van der Waals surface area contributed by atoms with Gasteiger partial charge in [0.25, 0.3) is 0 Å². The van der Waals surface area contributed by atoms with Gasteiger partial charge < -0.3 is 10.1 Å². The Morgan fingerprint density at radius 3 is 2.74 bits per heavy atom. The molecule has 3 unspecified atom stereocenters. The summed E-state index contributed by atoms with van der Waals surface area (Å²) in [5.41, 5.74) is 0.767. The standard InChI is InChI=1S/C16H22FNO/c1-18-13(15-11-6-4-7-12(11)15)9-10-5-3-8-14(19-2)16(10)17/h3,5,8,11-13,15,18H,4,6-7,9H2,1-2H3. The Morgan fingerprint density at radius 2 is 2.11 bits per heavy atom. The fourth-order valence-electron chi connectivity index (χ4n) is 4.01. The molecule has 3 rings (SSSR count). The van der Waals surface area contributed by atoms with E-state index in [1.54, 1.807) is 6.07 Å². The van der Waals surface area contributed by atoms with Gasteiger partial charge in [0.05, 0.1) is 7.11 Å². The minimum Gasteiger partial charge on any atom is -0.494 e. The van der Waals surface area contributed by atoms with Crippen LogP contribution in [0.25, 0.3) is 0 Å². The first kappa shape index (κ1) is 12.9. The van der Waals surface area contributed by atoms with E-state index in [1.807, 2.05) is 19.2 Å². The lowest BCUT2D eigenvalue weighted by Crippen LogP contribution is -2.32. The van der Waals surface area contributed by atoms with Gasteiger partial charge in [-0.2, -0.15) is 0 Å². The lowest BCUT2D eigenvalue weighted by molar-refractivity contribution is 0.378. The number of halogens is 1. The minimum absolute atomic E-state index is 0.198. The molecule has 3 atom stereocenters. The van der Waals surface area contributed by atoms with Crippen molar-refractivity contribution in [2.24, 2.45) is 17.8 Å². The molecule has 0 spiro atoms. The topological polar surface area (TPSA) is 21.3 Å². The molecule has 104 valence electrons. The van der Waals surface area contributed by atoms with E-state index in [9.17, 15) is 4.39 Å². The smallest absolute Gasteiger partial charge is 0.168 e. The number of methoxy groups -OCH3 is 1. The molecule has 0 bridgehead atoms. The number of ether oxygens (including phenoxy) is 1. The highest BCUT2D eigenvalue weighted by Crippen LogP contribution is 2.59. The van der Waals surface area contributed by atoms with E-state index in [1.165, 1.54) is 26.4 Å². The summed E-state index contributed by atoms with van der Waals surface area (Å²) in [4.78, 5) is 0. The molecule has 0 amide bonds. The maximum Gasteiger partial charge on any atom is 0.168 e. The molecule has 2 fully saturated rings. The molecule has 1 aromatic carbocycles. The third-order valence-electron chi connectivity index (χ3n) is 5.01. The summed E-state index contributed by atoms with van der Waals surface area (Å²) in [7, 11) is 3.51. The van der Waals surface area contributed by atoms with Gasteiger partial charge in [-0.25, -0.2) is 4.39 Å². The highest BCUT2D eigenvalue weighted by atomic mass is 19.1. The number of likely N-dealkylation sites (N-methyl/N-ethyl adjacent to an activating group) is 1. The van der Waals surface area contributed by atoms with Crippen LogP contribution in [0.3, 0.4) is 0 Å². The highest BCUT2D eigenvalue weighted by Gasteiger charge is 2.55. The maximum absolute atomic E-state index is 14.2. The molecule has 2 aliphatic carbocycles. The number of fused-ring (bicyclic) bond motifs is 1. The second-order valence-electron chi connectivity index (χ2n) is 5.87. The zero-order valence-electron chi connectivity index (χ0n) is 11.7. The number of nitrogens with one attached hydrogen (secondary N) is 1. The number of rotatable bonds is 5. The Morgan fingerprint density at radius 1 is 1.37 bits per heavy atom. The van der Waals surface area contributed by atoms with E-state index in [0.717, 1.165) is 29.7 Å². The molecule has 2 saturated carbocycles. The molecule has 3 heteroatoms. The van der Waals surface area contributed by atoms with E-state index in [4.69, 9.17) is 4.74 Å². The predicted octanol–water partition coefficient (Wildman–Crippen LogP) is 3.01. The van der Waals surface area contributed by atoms with Crippen LogP contribution in [-0.2, 0) is 6.42 Å². The van der Waals surface area contributed by atoms with Crippen LogP contribution in [0.5, 0.6) is 5.75 Å². The molecule has 1 N–H and O–H groups in total. The van der Waals surface area contributed by atoms with Crippen molar-refractivity contribution in [1.82, 2.24) is 5.32 Å². The molecule has 0 aromatic heterocycles. The van der Waals surface area contributed by atoms with E-state index in [-0.39, 0.29) is 5.82 Å². The molecule has 2 nitrogen and oxygen atoms in total. The normalized spacial score (nSPS) is 29.9. The average molecular weight is 263 g/mol.